The van der Waals surface area contributed by atoms with Gasteiger partial charge in [0.15, 0.2) is 0 Å². The minimum Gasteiger partial charge on any atom is -0.389 e. The molecule has 1 aromatic rings. The van der Waals surface area contributed by atoms with Crippen LogP contribution in [0, 0.1) is 0 Å². The van der Waals surface area contributed by atoms with Crippen molar-refractivity contribution in [1.82, 2.24) is 9.97 Å². The zero-order valence-electron chi connectivity index (χ0n) is 13.3. The average molecular weight is 159 g/mol. The van der Waals surface area contributed by atoms with Gasteiger partial charge in [-0.15, -0.1) is 0 Å². The average Bonchev–Trinajstić information content (AvgIpc) is 2.23. The quantitative estimate of drug-likeness (QED) is 0.609. The third-order valence-electron chi connectivity index (χ3n) is 1.08. The Kier molecular flexibility index (Phi) is 0.486. The number of anilines is 1. The zero-order chi connectivity index (χ0) is 14.8. The van der Waals surface area contributed by atoms with E-state index in [1.807, 2.05) is 0 Å². The van der Waals surface area contributed by atoms with Crippen LogP contribution in [0.5, 0.6) is 0 Å². The minimum atomic E-state index is -3.05. The van der Waals surface area contributed by atoms with Crippen LogP contribution in [0.4, 0.5) is 5.82 Å². The molecule has 0 aliphatic carbocycles. The number of β-amino-alcohol motifs (C(OH)–C–C–N with tert-alkyl or cyclic N) is 1. The Labute approximate surface area is 75.8 Å². The molecule has 0 spiro atoms. The molecule has 4 heteroatoms. The van der Waals surface area contributed by atoms with E-state index >= 15 is 0 Å². The third-order valence-corrected chi connectivity index (χ3v) is 1.08. The highest BCUT2D eigenvalue weighted by atomic mass is 16.3. The van der Waals surface area contributed by atoms with Gasteiger partial charge < -0.3 is 10.0 Å². The van der Waals surface area contributed by atoms with Crippen molar-refractivity contribution in [2.75, 3.05) is 17.9 Å². The van der Waals surface area contributed by atoms with Gasteiger partial charge in [0.1, 0.15) is 13.5 Å². The molecule has 0 unspecified atom stereocenters. The molecule has 2 rings (SSSR count). The summed E-state index contributed by atoms with van der Waals surface area (Å²) in [6, 6.07) is -0.681. The highest BCUT2D eigenvalue weighted by Gasteiger charge is 2.24. The predicted molar refractivity (Wildman–Crippen MR) is 40.3 cm³/mol. The Morgan fingerprint density at radius 1 is 1.91 bits per heavy atom. The summed E-state index contributed by atoms with van der Waals surface area (Å²) in [7, 11) is 0. The van der Waals surface area contributed by atoms with Gasteiger partial charge in [0.05, 0.1) is 15.7 Å². The Balaban J connectivity index is 2.61. The molecule has 1 fully saturated rings. The molecule has 0 amide bonds. The van der Waals surface area contributed by atoms with Crippen LogP contribution in [0.25, 0.3) is 0 Å². The Morgan fingerprint density at radius 2 is 2.73 bits per heavy atom. The number of nitrogens with zero attached hydrogens (tertiary/aromatic N) is 3. The minimum absolute atomic E-state index is 0.271. The lowest BCUT2D eigenvalue weighted by Gasteiger charge is -2.36. The largest absolute Gasteiger partial charge is 0.389 e. The van der Waals surface area contributed by atoms with Crippen LogP contribution in [0.15, 0.2) is 18.5 Å². The van der Waals surface area contributed by atoms with Crippen LogP contribution in [-0.4, -0.2) is 34.1 Å². The maximum absolute atomic E-state index is 9.51. The van der Waals surface area contributed by atoms with Gasteiger partial charge in [-0.1, -0.05) is 0 Å². The Morgan fingerprint density at radius 3 is 3.55 bits per heavy atom. The molecule has 1 aromatic heterocycles. The van der Waals surface area contributed by atoms with E-state index in [4.69, 9.17) is 11.0 Å². The molecular formula is C7H9N3O. The molecule has 2 heterocycles. The number of aliphatic hydroxyl groups is 1. The number of aromatic nitrogens is 2. The van der Waals surface area contributed by atoms with E-state index in [-0.39, 0.29) is 4.90 Å². The second kappa shape index (κ2) is 2.47. The lowest BCUT2D eigenvalue weighted by molar-refractivity contribution is 0.141. The van der Waals surface area contributed by atoms with E-state index in [9.17, 15) is 5.11 Å². The van der Waals surface area contributed by atoms with Gasteiger partial charge in [0.25, 0.3) is 0 Å². The Hall–Kier alpha value is -1.16. The molecule has 1 N–H and O–H groups in total. The van der Waals surface area contributed by atoms with Crippen LogP contribution >= 0.6 is 0 Å². The summed E-state index contributed by atoms with van der Waals surface area (Å²) in [5, 5.41) is 9.51. The van der Waals surface area contributed by atoms with Gasteiger partial charge in [-0.3, -0.25) is 0 Å². The second-order valence-corrected chi connectivity index (χ2v) is 1.79. The van der Waals surface area contributed by atoms with Gasteiger partial charge >= 0.3 is 0 Å². The van der Waals surface area contributed by atoms with Crippen LogP contribution in [0.1, 0.15) is 11.0 Å². The normalized spacial score (nSPS) is 40.6. The third kappa shape index (κ3) is 1.17. The van der Waals surface area contributed by atoms with Crippen molar-refractivity contribution in [3.63, 3.8) is 0 Å². The molecule has 11 heavy (non-hydrogen) atoms. The van der Waals surface area contributed by atoms with Crippen LogP contribution in [0.3, 0.4) is 0 Å². The fraction of sp³-hybridized carbons (Fsp3) is 0.429. The van der Waals surface area contributed by atoms with E-state index in [0.717, 1.165) is 0 Å². The van der Waals surface area contributed by atoms with Crippen molar-refractivity contribution in [2.24, 2.45) is 0 Å². The Bertz CT molecular complexity index is 529. The van der Waals surface area contributed by atoms with Gasteiger partial charge in [-0.05, 0) is 6.04 Å². The topological polar surface area (TPSA) is 49.2 Å². The first-order valence-electron chi connectivity index (χ1n) is 6.79. The summed E-state index contributed by atoms with van der Waals surface area (Å²) in [6.45, 7) is -5.70. The first-order valence-corrected chi connectivity index (χ1v) is 2.79. The van der Waals surface area contributed by atoms with Crippen LogP contribution in [-0.2, 0) is 0 Å². The van der Waals surface area contributed by atoms with Gasteiger partial charge in [0, 0.05) is 19.2 Å². The molecule has 1 aliphatic rings. The molecule has 1 aliphatic heterocycles. The summed E-state index contributed by atoms with van der Waals surface area (Å²) in [4.78, 5) is 6.94. The predicted octanol–water partition coefficient (Wildman–Crippen LogP) is -0.343. The second-order valence-electron chi connectivity index (χ2n) is 1.79. The van der Waals surface area contributed by atoms with Crippen molar-refractivity contribution in [1.29, 1.82) is 0 Å². The monoisotopic (exact) mass is 159 g/mol. The van der Waals surface area contributed by atoms with Crippen molar-refractivity contribution >= 4 is 5.82 Å². The van der Waals surface area contributed by atoms with E-state index in [1.54, 1.807) is 0 Å². The van der Waals surface area contributed by atoms with Crippen LogP contribution in [0.2, 0.25) is 0 Å². The van der Waals surface area contributed by atoms with Crippen molar-refractivity contribution < 1.29 is 16.1 Å². The summed E-state index contributed by atoms with van der Waals surface area (Å²) in [6.07, 6.45) is -4.40. The highest BCUT2D eigenvalue weighted by molar-refractivity contribution is 5.40. The smallest absolute Gasteiger partial charge is 0.132 e. The molecule has 1 saturated heterocycles. The molecule has 4 nitrogen and oxygen atoms in total. The van der Waals surface area contributed by atoms with E-state index in [2.05, 4.69) is 9.97 Å². The molecule has 0 bridgehead atoms. The fourth-order valence-electron chi connectivity index (χ4n) is 0.627. The van der Waals surface area contributed by atoms with E-state index in [0.29, 0.717) is 0 Å². The van der Waals surface area contributed by atoms with Crippen molar-refractivity contribution in [3.05, 3.63) is 18.5 Å². The number of hydrogen-bond acceptors (Lipinski definition) is 4. The highest BCUT2D eigenvalue weighted by Crippen LogP contribution is 2.15. The lowest BCUT2D eigenvalue weighted by atomic mass is 10.2. The summed E-state index contributed by atoms with van der Waals surface area (Å²) in [5.74, 6) is -0.642. The van der Waals surface area contributed by atoms with Crippen LogP contribution < -0.4 is 4.90 Å². The first-order chi connectivity index (χ1) is 8.44. The van der Waals surface area contributed by atoms with Crippen molar-refractivity contribution in [3.8, 4) is 0 Å². The molecule has 0 aromatic carbocycles. The molecule has 0 radical (unpaired) electrons. The number of rotatable bonds is 1. The van der Waals surface area contributed by atoms with E-state index < -0.39 is 43.4 Å². The maximum Gasteiger partial charge on any atom is 0.132 e. The first kappa shape index (κ1) is 2.17. The maximum atomic E-state index is 9.51. The van der Waals surface area contributed by atoms with Gasteiger partial charge in [-0.2, -0.15) is 0 Å². The molecule has 0 saturated carbocycles. The summed E-state index contributed by atoms with van der Waals surface area (Å²) >= 11 is 0. The van der Waals surface area contributed by atoms with E-state index in [1.165, 1.54) is 0 Å². The SMILES string of the molecule is [2H]c1nc([2H])c([2H])c(N2C([2H])([2H])C([2H])(O)C2([2H])[2H])n1. The summed E-state index contributed by atoms with van der Waals surface area (Å²) in [5.41, 5.74) is 0. The molecule has 58 valence electrons. The summed E-state index contributed by atoms with van der Waals surface area (Å²) < 4.78 is 59.4. The van der Waals surface area contributed by atoms with Gasteiger partial charge in [-0.25, -0.2) is 9.97 Å². The zero-order valence-corrected chi connectivity index (χ0v) is 5.29. The van der Waals surface area contributed by atoms with Gasteiger partial charge in [0.2, 0.25) is 0 Å². The molecule has 0 atom stereocenters. The van der Waals surface area contributed by atoms with Crippen molar-refractivity contribution in [2.45, 2.75) is 6.08 Å². The standard InChI is InChI=1S/C7H9N3O/c11-6-3-10(4-6)7-1-2-8-5-9-7/h1-2,5-6,11H,3-4H2/i1D,2D,3D2,4D2,5D,6D. The number of hydrogen-bond donors (Lipinski definition) is 1. The molecular weight excluding hydrogens is 142 g/mol. The lowest BCUT2D eigenvalue weighted by Crippen LogP contribution is -2.51. The fourth-order valence-corrected chi connectivity index (χ4v) is 0.627.